The Morgan fingerprint density at radius 2 is 1.84 bits per heavy atom. The van der Waals surface area contributed by atoms with Crippen molar-refractivity contribution in [1.82, 2.24) is 4.98 Å². The van der Waals surface area contributed by atoms with Gasteiger partial charge in [-0.15, -0.1) is 11.3 Å². The van der Waals surface area contributed by atoms with Crippen LogP contribution in [0.15, 0.2) is 72.2 Å². The number of nitriles is 1. The molecule has 0 fully saturated rings. The number of thiazole rings is 1. The van der Waals surface area contributed by atoms with Gasteiger partial charge in [0.2, 0.25) is 0 Å². The Kier molecular flexibility index (Phi) is 5.68. The van der Waals surface area contributed by atoms with E-state index in [9.17, 15) is 18.4 Å². The second-order valence-electron chi connectivity index (χ2n) is 6.61. The molecule has 0 saturated heterocycles. The van der Waals surface area contributed by atoms with E-state index < -0.39 is 11.7 Å². The molecule has 4 rings (SSSR count). The highest BCUT2D eigenvalue weighted by molar-refractivity contribution is 7.11. The molecule has 3 nitrogen and oxygen atoms in total. The average molecular weight is 456 g/mol. The number of alkyl halides is 3. The standard InChI is InChI=1S/C23H13ClF3N3S/c24-20-8-7-18(10-19(20)23(25,26)27)29-12-17(11-28)22-30-21(13-31-22)16-6-5-14-3-1-2-4-15(14)9-16/h1-10,12-13,29H/b17-12+. The number of fused-ring (bicyclic) bond motifs is 1. The molecule has 3 aromatic carbocycles. The monoisotopic (exact) mass is 455 g/mol. The number of halogens is 4. The maximum Gasteiger partial charge on any atom is 0.417 e. The van der Waals surface area contributed by atoms with Crippen molar-refractivity contribution >= 4 is 45.0 Å². The molecule has 4 aromatic rings. The summed E-state index contributed by atoms with van der Waals surface area (Å²) in [6.07, 6.45) is -3.23. The smallest absolute Gasteiger partial charge is 0.360 e. The lowest BCUT2D eigenvalue weighted by Crippen LogP contribution is -2.06. The largest absolute Gasteiger partial charge is 0.417 e. The van der Waals surface area contributed by atoms with Crippen molar-refractivity contribution in [3.8, 4) is 17.3 Å². The maximum atomic E-state index is 13.0. The Morgan fingerprint density at radius 1 is 1.06 bits per heavy atom. The lowest BCUT2D eigenvalue weighted by molar-refractivity contribution is -0.137. The van der Waals surface area contributed by atoms with E-state index in [-0.39, 0.29) is 16.3 Å². The van der Waals surface area contributed by atoms with Gasteiger partial charge in [0.05, 0.1) is 16.3 Å². The number of rotatable bonds is 4. The number of nitrogens with zero attached hydrogens (tertiary/aromatic N) is 2. The van der Waals surface area contributed by atoms with Crippen molar-refractivity contribution < 1.29 is 13.2 Å². The number of aromatic nitrogens is 1. The topological polar surface area (TPSA) is 48.7 Å². The van der Waals surface area contributed by atoms with Gasteiger partial charge in [-0.2, -0.15) is 18.4 Å². The molecule has 0 aliphatic rings. The molecule has 31 heavy (non-hydrogen) atoms. The summed E-state index contributed by atoms with van der Waals surface area (Å²) in [5.74, 6) is 0. The molecule has 0 amide bonds. The van der Waals surface area contributed by atoms with E-state index in [2.05, 4.69) is 10.3 Å². The Morgan fingerprint density at radius 3 is 2.58 bits per heavy atom. The summed E-state index contributed by atoms with van der Waals surface area (Å²) < 4.78 is 39.1. The molecule has 1 heterocycles. The first-order valence-corrected chi connectivity index (χ1v) is 10.3. The third-order valence-electron chi connectivity index (χ3n) is 4.56. The van der Waals surface area contributed by atoms with E-state index in [4.69, 9.17) is 11.6 Å². The number of allylic oxidation sites excluding steroid dienone is 1. The normalized spacial score (nSPS) is 12.0. The van der Waals surface area contributed by atoms with Crippen molar-refractivity contribution in [2.45, 2.75) is 6.18 Å². The van der Waals surface area contributed by atoms with Gasteiger partial charge < -0.3 is 5.32 Å². The van der Waals surface area contributed by atoms with Gasteiger partial charge in [0, 0.05) is 22.8 Å². The van der Waals surface area contributed by atoms with Crippen molar-refractivity contribution in [2.75, 3.05) is 5.32 Å². The Hall–Kier alpha value is -3.34. The third-order valence-corrected chi connectivity index (χ3v) is 5.76. The number of anilines is 1. The lowest BCUT2D eigenvalue weighted by Gasteiger charge is -2.10. The number of hydrogen-bond acceptors (Lipinski definition) is 4. The number of benzene rings is 3. The van der Waals surface area contributed by atoms with Crippen LogP contribution in [0.1, 0.15) is 10.6 Å². The molecule has 0 unspecified atom stereocenters. The highest BCUT2D eigenvalue weighted by Crippen LogP contribution is 2.36. The van der Waals surface area contributed by atoms with Gasteiger partial charge in [0.15, 0.2) is 0 Å². The van der Waals surface area contributed by atoms with Crippen LogP contribution in [0, 0.1) is 11.3 Å². The highest BCUT2D eigenvalue weighted by Gasteiger charge is 2.33. The van der Waals surface area contributed by atoms with E-state index in [1.807, 2.05) is 53.9 Å². The summed E-state index contributed by atoms with van der Waals surface area (Å²) in [5.41, 5.74) is 1.06. The van der Waals surface area contributed by atoms with Crippen LogP contribution in [-0.2, 0) is 6.18 Å². The molecular weight excluding hydrogens is 443 g/mol. The molecule has 0 aliphatic carbocycles. The zero-order valence-electron chi connectivity index (χ0n) is 15.7. The average Bonchev–Trinajstić information content (AvgIpc) is 3.24. The van der Waals surface area contributed by atoms with Crippen molar-refractivity contribution in [1.29, 1.82) is 5.26 Å². The second-order valence-corrected chi connectivity index (χ2v) is 7.87. The minimum absolute atomic E-state index is 0.163. The summed E-state index contributed by atoms with van der Waals surface area (Å²) in [7, 11) is 0. The van der Waals surface area contributed by atoms with Crippen LogP contribution in [0.25, 0.3) is 27.6 Å². The van der Waals surface area contributed by atoms with Crippen molar-refractivity contribution in [3.05, 3.63) is 87.8 Å². The van der Waals surface area contributed by atoms with E-state index in [1.165, 1.54) is 23.6 Å². The molecule has 0 radical (unpaired) electrons. The van der Waals surface area contributed by atoms with Crippen LogP contribution in [0.3, 0.4) is 0 Å². The van der Waals surface area contributed by atoms with E-state index in [0.29, 0.717) is 5.01 Å². The molecule has 1 aromatic heterocycles. The second kappa shape index (κ2) is 8.42. The zero-order chi connectivity index (χ0) is 22.0. The van der Waals surface area contributed by atoms with Crippen LogP contribution in [-0.4, -0.2) is 4.98 Å². The first kappa shape index (κ1) is 20.9. The SMILES string of the molecule is N#C/C(=C\Nc1ccc(Cl)c(C(F)(F)F)c1)c1nc(-c2ccc3ccccc3c2)cs1. The fourth-order valence-corrected chi connectivity index (χ4v) is 4.03. The van der Waals surface area contributed by atoms with Gasteiger partial charge in [-0.05, 0) is 35.0 Å². The Bertz CT molecular complexity index is 1340. The van der Waals surface area contributed by atoms with Crippen LogP contribution < -0.4 is 5.32 Å². The molecule has 8 heteroatoms. The lowest BCUT2D eigenvalue weighted by atomic mass is 10.1. The molecular formula is C23H13ClF3N3S. The fraction of sp³-hybridized carbons (Fsp3) is 0.0435. The highest BCUT2D eigenvalue weighted by atomic mass is 35.5. The van der Waals surface area contributed by atoms with Gasteiger partial charge >= 0.3 is 6.18 Å². The van der Waals surface area contributed by atoms with Crippen LogP contribution in [0.4, 0.5) is 18.9 Å². The van der Waals surface area contributed by atoms with E-state index in [0.717, 1.165) is 34.2 Å². The maximum absolute atomic E-state index is 13.0. The van der Waals surface area contributed by atoms with Gasteiger partial charge in [0.25, 0.3) is 0 Å². The van der Waals surface area contributed by atoms with Crippen LogP contribution >= 0.6 is 22.9 Å². The minimum atomic E-state index is -4.57. The summed E-state index contributed by atoms with van der Waals surface area (Å²) in [6.45, 7) is 0. The van der Waals surface area contributed by atoms with Gasteiger partial charge in [-0.3, -0.25) is 0 Å². The molecule has 154 valence electrons. The quantitative estimate of drug-likeness (QED) is 0.322. The predicted molar refractivity (Wildman–Crippen MR) is 119 cm³/mol. The third kappa shape index (κ3) is 4.55. The zero-order valence-corrected chi connectivity index (χ0v) is 17.3. The van der Waals surface area contributed by atoms with Gasteiger partial charge in [-0.1, -0.05) is 48.0 Å². The fourth-order valence-electron chi connectivity index (χ4n) is 3.01. The Balaban J connectivity index is 1.59. The molecule has 0 saturated carbocycles. The molecule has 0 aliphatic heterocycles. The summed E-state index contributed by atoms with van der Waals surface area (Å²) in [6, 6.07) is 19.5. The van der Waals surface area contributed by atoms with Gasteiger partial charge in [0.1, 0.15) is 16.6 Å². The molecule has 0 atom stereocenters. The first-order valence-electron chi connectivity index (χ1n) is 9.04. The molecule has 0 bridgehead atoms. The van der Waals surface area contributed by atoms with E-state index >= 15 is 0 Å². The minimum Gasteiger partial charge on any atom is -0.360 e. The van der Waals surface area contributed by atoms with Crippen molar-refractivity contribution in [2.24, 2.45) is 0 Å². The first-order chi connectivity index (χ1) is 14.8. The van der Waals surface area contributed by atoms with Crippen LogP contribution in [0.5, 0.6) is 0 Å². The molecule has 1 N–H and O–H groups in total. The number of nitrogens with one attached hydrogen (secondary N) is 1. The molecule has 0 spiro atoms. The van der Waals surface area contributed by atoms with Gasteiger partial charge in [-0.25, -0.2) is 4.98 Å². The predicted octanol–water partition coefficient (Wildman–Crippen LogP) is 7.61. The summed E-state index contributed by atoms with van der Waals surface area (Å²) >= 11 is 6.92. The Labute approximate surface area is 185 Å². The van der Waals surface area contributed by atoms with Crippen molar-refractivity contribution in [3.63, 3.8) is 0 Å². The summed E-state index contributed by atoms with van der Waals surface area (Å²) in [5, 5.41) is 16.4. The van der Waals surface area contributed by atoms with Crippen LogP contribution in [0.2, 0.25) is 5.02 Å². The summed E-state index contributed by atoms with van der Waals surface area (Å²) in [4.78, 5) is 4.53. The number of hydrogen-bond donors (Lipinski definition) is 1. The van der Waals surface area contributed by atoms with E-state index in [1.54, 1.807) is 0 Å².